The fraction of sp³-hybridized carbons (Fsp3) is 0.417. The van der Waals surface area contributed by atoms with E-state index < -0.39 is 16.1 Å². The van der Waals surface area contributed by atoms with Crippen LogP contribution in [0.3, 0.4) is 0 Å². The Morgan fingerprint density at radius 3 is 2.91 bits per heavy atom. The molecular formula is C12H16N6O3S. The largest absolute Gasteiger partial charge is 0.355 e. The molecule has 2 aromatic rings. The molecule has 0 radical (unpaired) electrons. The van der Waals surface area contributed by atoms with Crippen molar-refractivity contribution < 1.29 is 13.2 Å². The zero-order valence-electron chi connectivity index (χ0n) is 11.9. The summed E-state index contributed by atoms with van der Waals surface area (Å²) in [5, 5.41) is 15.4. The van der Waals surface area contributed by atoms with Crippen molar-refractivity contribution in [3.05, 3.63) is 29.8 Å². The van der Waals surface area contributed by atoms with E-state index in [4.69, 9.17) is 0 Å². The van der Waals surface area contributed by atoms with Crippen LogP contribution in [-0.2, 0) is 10.0 Å². The minimum atomic E-state index is -3.66. The van der Waals surface area contributed by atoms with Crippen LogP contribution in [0.2, 0.25) is 0 Å². The van der Waals surface area contributed by atoms with E-state index in [0.717, 1.165) is 0 Å². The third-order valence-electron chi connectivity index (χ3n) is 3.76. The molecule has 1 aliphatic heterocycles. The first-order valence-electron chi connectivity index (χ1n) is 6.81. The molecule has 1 amide bonds. The lowest BCUT2D eigenvalue weighted by Crippen LogP contribution is -2.32. The highest BCUT2D eigenvalue weighted by Crippen LogP contribution is 2.36. The molecule has 1 fully saturated rings. The number of aromatic nitrogens is 4. The lowest BCUT2D eigenvalue weighted by atomic mass is 10.1. The van der Waals surface area contributed by atoms with Crippen LogP contribution in [0.4, 0.5) is 0 Å². The number of H-pyrrole nitrogens is 2. The van der Waals surface area contributed by atoms with E-state index in [1.165, 1.54) is 29.9 Å². The Morgan fingerprint density at radius 1 is 1.41 bits per heavy atom. The minimum Gasteiger partial charge on any atom is -0.355 e. The Balaban J connectivity index is 1.98. The van der Waals surface area contributed by atoms with Crippen LogP contribution < -0.4 is 5.32 Å². The van der Waals surface area contributed by atoms with Crippen molar-refractivity contribution in [2.75, 3.05) is 13.6 Å². The number of nitrogens with zero attached hydrogens (tertiary/aromatic N) is 3. The number of sulfonamides is 1. The van der Waals surface area contributed by atoms with Gasteiger partial charge in [-0.15, -0.1) is 0 Å². The first kappa shape index (κ1) is 14.7. The van der Waals surface area contributed by atoms with Gasteiger partial charge >= 0.3 is 0 Å². The minimum absolute atomic E-state index is 0.111. The molecule has 2 aromatic heterocycles. The second-order valence-corrected chi connectivity index (χ2v) is 6.87. The van der Waals surface area contributed by atoms with Crippen molar-refractivity contribution in [1.82, 2.24) is 30.0 Å². The number of carbonyl (C=O) groups excluding carboxylic acids is 1. The molecule has 1 saturated heterocycles. The number of aromatic amines is 2. The molecule has 1 aliphatic rings. The third kappa shape index (κ3) is 2.29. The molecule has 118 valence electrons. The molecule has 0 bridgehead atoms. The van der Waals surface area contributed by atoms with Crippen LogP contribution in [0.1, 0.15) is 34.9 Å². The number of rotatable bonds is 4. The fourth-order valence-corrected chi connectivity index (χ4v) is 4.27. The van der Waals surface area contributed by atoms with E-state index in [1.54, 1.807) is 0 Å². The van der Waals surface area contributed by atoms with Crippen molar-refractivity contribution in [3.63, 3.8) is 0 Å². The molecule has 0 aromatic carbocycles. The van der Waals surface area contributed by atoms with Crippen molar-refractivity contribution in [3.8, 4) is 0 Å². The molecule has 0 unspecified atom stereocenters. The van der Waals surface area contributed by atoms with E-state index in [1.807, 2.05) is 0 Å². The summed E-state index contributed by atoms with van der Waals surface area (Å²) >= 11 is 0. The number of hydrogen-bond acceptors (Lipinski definition) is 5. The van der Waals surface area contributed by atoms with E-state index in [0.29, 0.717) is 30.6 Å². The zero-order valence-corrected chi connectivity index (χ0v) is 12.7. The molecule has 3 N–H and O–H groups in total. The van der Waals surface area contributed by atoms with Gasteiger partial charge < -0.3 is 5.32 Å². The van der Waals surface area contributed by atoms with Gasteiger partial charge in [0.2, 0.25) is 10.0 Å². The van der Waals surface area contributed by atoms with Gasteiger partial charge in [0.1, 0.15) is 4.90 Å². The Hall–Kier alpha value is -2.20. The van der Waals surface area contributed by atoms with E-state index in [2.05, 4.69) is 25.7 Å². The summed E-state index contributed by atoms with van der Waals surface area (Å²) < 4.78 is 26.8. The van der Waals surface area contributed by atoms with Crippen molar-refractivity contribution in [2.45, 2.75) is 23.8 Å². The SMILES string of the molecule is CNC(=O)c1cn[nH]c1[C@H]1CCCN1S(=O)(=O)c1cn[nH]c1. The average Bonchev–Trinajstić information content (AvgIpc) is 3.25. The monoisotopic (exact) mass is 324 g/mol. The molecule has 10 heteroatoms. The number of amides is 1. The molecule has 3 heterocycles. The van der Waals surface area contributed by atoms with E-state index >= 15 is 0 Å². The maximum atomic E-state index is 12.7. The summed E-state index contributed by atoms with van der Waals surface area (Å²) in [6.45, 7) is 0.393. The molecular weight excluding hydrogens is 308 g/mol. The molecule has 1 atom stereocenters. The van der Waals surface area contributed by atoms with Gasteiger partial charge in [-0.3, -0.25) is 15.0 Å². The van der Waals surface area contributed by atoms with Crippen molar-refractivity contribution in [2.24, 2.45) is 0 Å². The van der Waals surface area contributed by atoms with Crippen LogP contribution in [0.25, 0.3) is 0 Å². The highest BCUT2D eigenvalue weighted by atomic mass is 32.2. The standard InChI is InChI=1S/C12H16N6O3S/c1-13-12(19)9-7-16-17-11(9)10-3-2-4-18(10)22(20,21)8-5-14-15-6-8/h5-7,10H,2-4H2,1H3,(H,13,19)(H,14,15)(H,16,17)/t10-/m1/s1. The maximum absolute atomic E-state index is 12.7. The third-order valence-corrected chi connectivity index (χ3v) is 5.63. The van der Waals surface area contributed by atoms with Crippen LogP contribution >= 0.6 is 0 Å². The first-order valence-corrected chi connectivity index (χ1v) is 8.25. The number of nitrogens with one attached hydrogen (secondary N) is 3. The van der Waals surface area contributed by atoms with Crippen molar-refractivity contribution in [1.29, 1.82) is 0 Å². The molecule has 0 aliphatic carbocycles. The van der Waals surface area contributed by atoms with Gasteiger partial charge in [-0.2, -0.15) is 14.5 Å². The normalized spacial score (nSPS) is 19.4. The highest BCUT2D eigenvalue weighted by Gasteiger charge is 2.39. The number of carbonyl (C=O) groups is 1. The van der Waals surface area contributed by atoms with Crippen molar-refractivity contribution >= 4 is 15.9 Å². The van der Waals surface area contributed by atoms with Gasteiger partial charge in [0.15, 0.2) is 0 Å². The smallest absolute Gasteiger partial charge is 0.254 e. The van der Waals surface area contributed by atoms with E-state index in [-0.39, 0.29) is 10.8 Å². The van der Waals surface area contributed by atoms with Crippen LogP contribution in [0.5, 0.6) is 0 Å². The predicted molar refractivity (Wildman–Crippen MR) is 76.4 cm³/mol. The van der Waals surface area contributed by atoms with E-state index in [9.17, 15) is 13.2 Å². The predicted octanol–water partition coefficient (Wildman–Crippen LogP) is 0.0182. The van der Waals surface area contributed by atoms with Gasteiger partial charge in [0.05, 0.1) is 29.7 Å². The Bertz CT molecular complexity index is 767. The second-order valence-electron chi connectivity index (χ2n) is 4.98. The van der Waals surface area contributed by atoms with Gasteiger partial charge in [-0.25, -0.2) is 8.42 Å². The van der Waals surface area contributed by atoms with Gasteiger partial charge in [-0.1, -0.05) is 0 Å². The Kier molecular flexibility index (Phi) is 3.71. The highest BCUT2D eigenvalue weighted by molar-refractivity contribution is 7.89. The quantitative estimate of drug-likeness (QED) is 0.731. The maximum Gasteiger partial charge on any atom is 0.254 e. The summed E-state index contributed by atoms with van der Waals surface area (Å²) in [6.07, 6.45) is 5.38. The summed E-state index contributed by atoms with van der Waals surface area (Å²) in [7, 11) is -2.14. The molecule has 9 nitrogen and oxygen atoms in total. The van der Waals surface area contributed by atoms with Crippen LogP contribution in [0.15, 0.2) is 23.5 Å². The van der Waals surface area contributed by atoms with Gasteiger partial charge in [0, 0.05) is 19.8 Å². The molecule has 3 rings (SSSR count). The summed E-state index contributed by atoms with van der Waals surface area (Å²) in [5.41, 5.74) is 0.880. The summed E-state index contributed by atoms with van der Waals surface area (Å²) in [5.74, 6) is -0.295. The summed E-state index contributed by atoms with van der Waals surface area (Å²) in [4.78, 5) is 12.0. The van der Waals surface area contributed by atoms with Crippen LogP contribution in [-0.4, -0.2) is 52.6 Å². The lowest BCUT2D eigenvalue weighted by molar-refractivity contribution is 0.0961. The zero-order chi connectivity index (χ0) is 15.7. The van der Waals surface area contributed by atoms with Gasteiger partial charge in [-0.05, 0) is 12.8 Å². The summed E-state index contributed by atoms with van der Waals surface area (Å²) in [6, 6.07) is -0.435. The Labute approximate surface area is 127 Å². The Morgan fingerprint density at radius 2 is 2.23 bits per heavy atom. The van der Waals surface area contributed by atoms with Gasteiger partial charge in [0.25, 0.3) is 5.91 Å². The first-order chi connectivity index (χ1) is 10.6. The fourth-order valence-electron chi connectivity index (χ4n) is 2.70. The molecule has 0 saturated carbocycles. The average molecular weight is 324 g/mol. The number of hydrogen-bond donors (Lipinski definition) is 3. The van der Waals surface area contributed by atoms with Crippen LogP contribution in [0, 0.1) is 0 Å². The lowest BCUT2D eigenvalue weighted by Gasteiger charge is -2.23. The second kappa shape index (κ2) is 5.54. The topological polar surface area (TPSA) is 124 Å². The molecule has 0 spiro atoms. The molecule has 22 heavy (non-hydrogen) atoms.